The SMILES string of the molecule is OC(c1c[nH]c(=S)s1)(C(F)(F)F)C(F)(F)F. The van der Waals surface area contributed by atoms with E-state index in [-0.39, 0.29) is 15.3 Å². The molecule has 2 N–H and O–H groups in total. The number of H-pyrrole nitrogens is 1. The Hall–Kier alpha value is -0.610. The fourth-order valence-electron chi connectivity index (χ4n) is 0.902. The van der Waals surface area contributed by atoms with Gasteiger partial charge in [0.1, 0.15) is 0 Å². The van der Waals surface area contributed by atoms with E-state index in [1.807, 2.05) is 4.98 Å². The van der Waals surface area contributed by atoms with E-state index in [1.165, 1.54) is 0 Å². The Kier molecular flexibility index (Phi) is 3.12. The van der Waals surface area contributed by atoms with Crippen molar-refractivity contribution in [3.8, 4) is 0 Å². The van der Waals surface area contributed by atoms with E-state index in [0.29, 0.717) is 6.20 Å². The number of aliphatic hydroxyl groups is 1. The van der Waals surface area contributed by atoms with Gasteiger partial charge in [-0.05, 0) is 12.2 Å². The molecule has 0 radical (unpaired) electrons. The summed E-state index contributed by atoms with van der Waals surface area (Å²) in [6.07, 6.45) is -11.3. The van der Waals surface area contributed by atoms with Crippen LogP contribution in [-0.2, 0) is 5.60 Å². The maximum absolute atomic E-state index is 12.3. The molecule has 0 unspecified atom stereocenters. The number of alkyl halides is 6. The molecule has 0 spiro atoms. The van der Waals surface area contributed by atoms with Crippen LogP contribution in [-0.4, -0.2) is 22.4 Å². The van der Waals surface area contributed by atoms with Gasteiger partial charge in [-0.1, -0.05) is 0 Å². The molecule has 16 heavy (non-hydrogen) atoms. The summed E-state index contributed by atoms with van der Waals surface area (Å²) in [7, 11) is 0. The lowest BCUT2D eigenvalue weighted by atomic mass is 10.0. The van der Waals surface area contributed by atoms with Crippen molar-refractivity contribution < 1.29 is 31.4 Å². The number of nitrogens with one attached hydrogen (secondary N) is 1. The molecule has 0 amide bonds. The molecule has 0 saturated heterocycles. The van der Waals surface area contributed by atoms with Crippen LogP contribution in [0.2, 0.25) is 0 Å². The Morgan fingerprint density at radius 2 is 1.56 bits per heavy atom. The van der Waals surface area contributed by atoms with Gasteiger partial charge in [0, 0.05) is 6.20 Å². The van der Waals surface area contributed by atoms with Gasteiger partial charge in [-0.3, -0.25) is 0 Å². The molecule has 0 bridgehead atoms. The number of hydrogen-bond acceptors (Lipinski definition) is 3. The van der Waals surface area contributed by atoms with Crippen LogP contribution in [0.15, 0.2) is 6.20 Å². The highest BCUT2D eigenvalue weighted by Crippen LogP contribution is 2.51. The van der Waals surface area contributed by atoms with Crippen molar-refractivity contribution in [1.29, 1.82) is 0 Å². The fraction of sp³-hybridized carbons (Fsp3) is 0.500. The first-order chi connectivity index (χ1) is 7.00. The summed E-state index contributed by atoms with van der Waals surface area (Å²) in [6, 6.07) is 0. The van der Waals surface area contributed by atoms with Gasteiger partial charge in [0.2, 0.25) is 0 Å². The van der Waals surface area contributed by atoms with Gasteiger partial charge < -0.3 is 10.1 Å². The van der Waals surface area contributed by atoms with Crippen molar-refractivity contribution in [1.82, 2.24) is 4.98 Å². The molecule has 0 aliphatic heterocycles. The number of thiazole rings is 1. The Morgan fingerprint density at radius 3 is 1.81 bits per heavy atom. The zero-order chi connectivity index (χ0) is 12.8. The molecule has 0 aliphatic carbocycles. The van der Waals surface area contributed by atoms with Crippen LogP contribution < -0.4 is 0 Å². The van der Waals surface area contributed by atoms with Crippen molar-refractivity contribution in [3.63, 3.8) is 0 Å². The van der Waals surface area contributed by atoms with Gasteiger partial charge in [-0.25, -0.2) is 0 Å². The fourth-order valence-corrected chi connectivity index (χ4v) is 2.04. The maximum Gasteiger partial charge on any atom is 0.431 e. The predicted molar refractivity (Wildman–Crippen MR) is 45.5 cm³/mol. The van der Waals surface area contributed by atoms with Crippen molar-refractivity contribution >= 4 is 23.6 Å². The minimum absolute atomic E-state index is 0.0177. The number of rotatable bonds is 1. The predicted octanol–water partition coefficient (Wildman–Crippen LogP) is 3.12. The molecule has 0 fully saturated rings. The average Bonchev–Trinajstić information content (AvgIpc) is 2.46. The second-order valence-electron chi connectivity index (χ2n) is 2.75. The first-order valence-corrected chi connectivity index (χ1v) is 4.77. The van der Waals surface area contributed by atoms with Gasteiger partial charge in [0.25, 0.3) is 5.60 Å². The summed E-state index contributed by atoms with van der Waals surface area (Å²) >= 11 is 4.38. The molecule has 0 aromatic carbocycles. The molecule has 1 rings (SSSR count). The summed E-state index contributed by atoms with van der Waals surface area (Å²) in [5, 5.41) is 8.86. The van der Waals surface area contributed by atoms with Crippen LogP contribution in [0, 0.1) is 3.95 Å². The zero-order valence-corrected chi connectivity index (χ0v) is 8.74. The third kappa shape index (κ3) is 1.96. The molecule has 1 aromatic rings. The molecule has 1 aromatic heterocycles. The molecular weight excluding hydrogens is 280 g/mol. The Morgan fingerprint density at radius 1 is 1.12 bits per heavy atom. The number of aromatic amines is 1. The lowest BCUT2D eigenvalue weighted by Gasteiger charge is -2.30. The summed E-state index contributed by atoms with van der Waals surface area (Å²) < 4.78 is 73.4. The zero-order valence-electron chi connectivity index (χ0n) is 7.11. The quantitative estimate of drug-likeness (QED) is 0.613. The Balaban J connectivity index is 3.44. The van der Waals surface area contributed by atoms with E-state index in [1.54, 1.807) is 0 Å². The number of aromatic nitrogens is 1. The highest BCUT2D eigenvalue weighted by Gasteiger charge is 2.72. The van der Waals surface area contributed by atoms with Gasteiger partial charge in [0.05, 0.1) is 4.88 Å². The molecular formula is C6H3F6NOS2. The molecule has 92 valence electrons. The van der Waals surface area contributed by atoms with Crippen molar-refractivity contribution in [2.45, 2.75) is 18.0 Å². The largest absolute Gasteiger partial charge is 0.431 e. The second-order valence-corrected chi connectivity index (χ2v) is 4.47. The summed E-state index contributed by atoms with van der Waals surface area (Å²) in [5.74, 6) is 0. The van der Waals surface area contributed by atoms with Gasteiger partial charge in [-0.2, -0.15) is 26.3 Å². The first-order valence-electron chi connectivity index (χ1n) is 3.55. The monoisotopic (exact) mass is 283 g/mol. The van der Waals surface area contributed by atoms with E-state index in [9.17, 15) is 26.3 Å². The van der Waals surface area contributed by atoms with Gasteiger partial charge in [0.15, 0.2) is 3.95 Å². The van der Waals surface area contributed by atoms with Crippen LogP contribution in [0.1, 0.15) is 4.88 Å². The van der Waals surface area contributed by atoms with Crippen molar-refractivity contribution in [2.24, 2.45) is 0 Å². The molecule has 0 saturated carbocycles. The summed E-state index contributed by atoms with van der Waals surface area (Å²) in [4.78, 5) is 0.656. The van der Waals surface area contributed by atoms with Gasteiger partial charge in [-0.15, -0.1) is 11.3 Å². The maximum atomic E-state index is 12.3. The minimum Gasteiger partial charge on any atom is -0.369 e. The topological polar surface area (TPSA) is 36.0 Å². The molecule has 0 atom stereocenters. The molecule has 1 heterocycles. The second kappa shape index (κ2) is 3.70. The highest BCUT2D eigenvalue weighted by molar-refractivity contribution is 7.73. The summed E-state index contributed by atoms with van der Waals surface area (Å²) in [6.45, 7) is 0. The first kappa shape index (κ1) is 13.5. The van der Waals surface area contributed by atoms with Crippen LogP contribution in [0.5, 0.6) is 0 Å². The molecule has 10 heteroatoms. The summed E-state index contributed by atoms with van der Waals surface area (Å²) in [5.41, 5.74) is -4.89. The lowest BCUT2D eigenvalue weighted by molar-refractivity contribution is -0.375. The van der Waals surface area contributed by atoms with Crippen molar-refractivity contribution in [2.75, 3.05) is 0 Å². The van der Waals surface area contributed by atoms with E-state index in [0.717, 1.165) is 0 Å². The van der Waals surface area contributed by atoms with Crippen LogP contribution in [0.25, 0.3) is 0 Å². The van der Waals surface area contributed by atoms with Crippen LogP contribution in [0.4, 0.5) is 26.3 Å². The smallest absolute Gasteiger partial charge is 0.369 e. The normalized spacial score (nSPS) is 14.2. The van der Waals surface area contributed by atoms with Crippen LogP contribution in [0.3, 0.4) is 0 Å². The third-order valence-electron chi connectivity index (χ3n) is 1.70. The van der Waals surface area contributed by atoms with E-state index in [2.05, 4.69) is 12.2 Å². The minimum atomic E-state index is -5.87. The average molecular weight is 283 g/mol. The van der Waals surface area contributed by atoms with Crippen molar-refractivity contribution in [3.05, 3.63) is 15.0 Å². The van der Waals surface area contributed by atoms with E-state index < -0.39 is 22.8 Å². The highest BCUT2D eigenvalue weighted by atomic mass is 32.1. The number of hydrogen-bond donors (Lipinski definition) is 2. The molecule has 0 aliphatic rings. The Labute approximate surface area is 93.5 Å². The van der Waals surface area contributed by atoms with E-state index in [4.69, 9.17) is 5.11 Å². The van der Waals surface area contributed by atoms with E-state index >= 15 is 0 Å². The lowest BCUT2D eigenvalue weighted by Crippen LogP contribution is -2.53. The van der Waals surface area contributed by atoms with Crippen LogP contribution >= 0.6 is 23.6 Å². The standard InChI is InChI=1S/C6H3F6NOS2/c7-5(8,9)4(14,6(10,11)12)2-1-13-3(15)16-2/h1,14H,(H,13,15). The molecule has 2 nitrogen and oxygen atoms in total. The third-order valence-corrected chi connectivity index (χ3v) is 3.01. The van der Waals surface area contributed by atoms with Gasteiger partial charge >= 0.3 is 12.4 Å². The number of halogens is 6. The Bertz CT molecular complexity index is 415.